The predicted octanol–water partition coefficient (Wildman–Crippen LogP) is 2.55. The van der Waals surface area contributed by atoms with E-state index in [1.807, 2.05) is 0 Å². The molecule has 0 atom stereocenters. The third-order valence-corrected chi connectivity index (χ3v) is 2.74. The van der Waals surface area contributed by atoms with E-state index in [0.717, 1.165) is 5.56 Å². The summed E-state index contributed by atoms with van der Waals surface area (Å²) in [6.45, 7) is 0.577. The molecule has 1 aromatic heterocycles. The summed E-state index contributed by atoms with van der Waals surface area (Å²) in [5, 5.41) is 13.3. The van der Waals surface area contributed by atoms with Crippen LogP contribution in [0, 0.1) is 0 Å². The smallest absolute Gasteiger partial charge is 0.162 e. The second-order valence-electron chi connectivity index (χ2n) is 3.93. The van der Waals surface area contributed by atoms with Crippen molar-refractivity contribution in [2.75, 3.05) is 7.11 Å². The molecule has 19 heavy (non-hydrogen) atoms. The van der Waals surface area contributed by atoms with Gasteiger partial charge in [-0.3, -0.25) is 0 Å². The van der Waals surface area contributed by atoms with E-state index in [-0.39, 0.29) is 13.2 Å². The number of hydrogen-bond donors (Lipinski definition) is 1. The first-order chi connectivity index (χ1) is 9.22. The molecule has 6 heteroatoms. The highest BCUT2D eigenvalue weighted by Crippen LogP contribution is 2.26. The highest BCUT2D eigenvalue weighted by atomic mass is 35.5. The summed E-state index contributed by atoms with van der Waals surface area (Å²) in [7, 11) is 1.58. The van der Waals surface area contributed by atoms with Gasteiger partial charge >= 0.3 is 0 Å². The lowest BCUT2D eigenvalue weighted by molar-refractivity contribution is 0.155. The fourth-order valence-electron chi connectivity index (χ4n) is 1.55. The number of benzene rings is 1. The van der Waals surface area contributed by atoms with Gasteiger partial charge in [0.05, 0.1) is 11.6 Å². The molecule has 0 spiro atoms. The molecular weight excluding hydrogens is 270 g/mol. The Balaban J connectivity index is 1.97. The molecule has 0 radical (unpaired) electrons. The summed E-state index contributed by atoms with van der Waals surface area (Å²) in [4.78, 5) is 0. The van der Waals surface area contributed by atoms with Gasteiger partial charge in [0.15, 0.2) is 5.76 Å². The number of hydrogen-bond acceptors (Lipinski definition) is 5. The fraction of sp³-hybridized carbons (Fsp3) is 0.308. The first-order valence-electron chi connectivity index (χ1n) is 5.68. The Hall–Kier alpha value is -1.56. The lowest BCUT2D eigenvalue weighted by Gasteiger charge is -2.07. The standard InChI is InChI=1S/C13H14ClNO4/c1-17-8-11-5-10(15-19-11)7-18-13-3-2-9(6-16)4-12(13)14/h2-5,16H,6-8H2,1H3. The Morgan fingerprint density at radius 1 is 1.32 bits per heavy atom. The molecule has 0 saturated carbocycles. The molecule has 2 aromatic rings. The molecule has 1 heterocycles. The van der Waals surface area contributed by atoms with Crippen molar-refractivity contribution in [3.05, 3.63) is 46.3 Å². The number of halogens is 1. The molecule has 0 unspecified atom stereocenters. The first kappa shape index (κ1) is 13.9. The van der Waals surface area contributed by atoms with Crippen LogP contribution >= 0.6 is 11.6 Å². The van der Waals surface area contributed by atoms with Gasteiger partial charge in [-0.15, -0.1) is 0 Å². The van der Waals surface area contributed by atoms with Crippen LogP contribution in [-0.2, 0) is 24.6 Å². The SMILES string of the molecule is COCc1cc(COc2ccc(CO)cc2Cl)no1. The maximum atomic E-state index is 8.98. The molecule has 0 fully saturated rings. The molecule has 0 bridgehead atoms. The zero-order chi connectivity index (χ0) is 13.7. The van der Waals surface area contributed by atoms with Crippen molar-refractivity contribution >= 4 is 11.6 Å². The Labute approximate surface area is 115 Å². The van der Waals surface area contributed by atoms with Crippen molar-refractivity contribution in [2.45, 2.75) is 19.8 Å². The second-order valence-corrected chi connectivity index (χ2v) is 4.34. The summed E-state index contributed by atoms with van der Waals surface area (Å²) >= 11 is 6.03. The summed E-state index contributed by atoms with van der Waals surface area (Å²) in [6, 6.07) is 6.89. The topological polar surface area (TPSA) is 64.7 Å². The predicted molar refractivity (Wildman–Crippen MR) is 68.9 cm³/mol. The van der Waals surface area contributed by atoms with Crippen molar-refractivity contribution in [1.82, 2.24) is 5.16 Å². The van der Waals surface area contributed by atoms with E-state index in [0.29, 0.717) is 28.8 Å². The fourth-order valence-corrected chi connectivity index (χ4v) is 1.80. The van der Waals surface area contributed by atoms with Crippen molar-refractivity contribution in [3.63, 3.8) is 0 Å². The van der Waals surface area contributed by atoms with Gasteiger partial charge in [0.2, 0.25) is 0 Å². The van der Waals surface area contributed by atoms with E-state index in [1.54, 1.807) is 31.4 Å². The van der Waals surface area contributed by atoms with Crippen LogP contribution < -0.4 is 4.74 Å². The zero-order valence-electron chi connectivity index (χ0n) is 10.4. The number of ether oxygens (including phenoxy) is 2. The largest absolute Gasteiger partial charge is 0.486 e. The van der Waals surface area contributed by atoms with Crippen molar-refractivity contribution in [2.24, 2.45) is 0 Å². The van der Waals surface area contributed by atoms with Gasteiger partial charge in [-0.05, 0) is 17.7 Å². The summed E-state index contributed by atoms with van der Waals surface area (Å²) in [5.41, 5.74) is 1.40. The molecular formula is C13H14ClNO4. The van der Waals surface area contributed by atoms with E-state index < -0.39 is 0 Å². The van der Waals surface area contributed by atoms with Crippen LogP contribution in [0.2, 0.25) is 5.02 Å². The normalized spacial score (nSPS) is 10.7. The molecule has 0 amide bonds. The molecule has 1 N–H and O–H groups in total. The molecule has 0 aliphatic carbocycles. The molecule has 102 valence electrons. The van der Waals surface area contributed by atoms with Crippen molar-refractivity contribution in [3.8, 4) is 5.75 Å². The van der Waals surface area contributed by atoms with Crippen LogP contribution in [0.4, 0.5) is 0 Å². The van der Waals surface area contributed by atoms with Gasteiger partial charge in [-0.2, -0.15) is 0 Å². The number of methoxy groups -OCH3 is 1. The number of aliphatic hydroxyl groups excluding tert-OH is 1. The number of nitrogens with zero attached hydrogens (tertiary/aromatic N) is 1. The van der Waals surface area contributed by atoms with Crippen molar-refractivity contribution < 1.29 is 19.1 Å². The third-order valence-electron chi connectivity index (χ3n) is 2.45. The number of rotatable bonds is 6. The average Bonchev–Trinajstić information content (AvgIpc) is 2.85. The van der Waals surface area contributed by atoms with Crippen LogP contribution in [0.25, 0.3) is 0 Å². The van der Waals surface area contributed by atoms with Gasteiger partial charge in [0.25, 0.3) is 0 Å². The Bertz CT molecular complexity index is 541. The van der Waals surface area contributed by atoms with Crippen LogP contribution in [0.1, 0.15) is 17.0 Å². The van der Waals surface area contributed by atoms with Gasteiger partial charge < -0.3 is 19.1 Å². The van der Waals surface area contributed by atoms with Crippen LogP contribution in [0.3, 0.4) is 0 Å². The van der Waals surface area contributed by atoms with E-state index in [1.165, 1.54) is 0 Å². The molecule has 0 aliphatic rings. The monoisotopic (exact) mass is 283 g/mol. The molecule has 0 saturated heterocycles. The minimum Gasteiger partial charge on any atom is -0.486 e. The van der Waals surface area contributed by atoms with E-state index in [9.17, 15) is 0 Å². The minimum atomic E-state index is -0.0519. The Morgan fingerprint density at radius 3 is 2.84 bits per heavy atom. The third kappa shape index (κ3) is 3.70. The van der Waals surface area contributed by atoms with E-state index in [2.05, 4.69) is 5.16 Å². The average molecular weight is 284 g/mol. The van der Waals surface area contributed by atoms with E-state index in [4.69, 9.17) is 30.7 Å². The maximum absolute atomic E-state index is 8.98. The maximum Gasteiger partial charge on any atom is 0.162 e. The molecule has 2 rings (SSSR count). The summed E-state index contributed by atoms with van der Waals surface area (Å²) in [5.74, 6) is 1.18. The van der Waals surface area contributed by atoms with Gasteiger partial charge in [0.1, 0.15) is 24.7 Å². The zero-order valence-corrected chi connectivity index (χ0v) is 11.2. The Morgan fingerprint density at radius 2 is 2.16 bits per heavy atom. The van der Waals surface area contributed by atoms with Crippen LogP contribution in [-0.4, -0.2) is 17.4 Å². The van der Waals surface area contributed by atoms with Gasteiger partial charge in [0, 0.05) is 13.2 Å². The minimum absolute atomic E-state index is 0.0519. The second kappa shape index (κ2) is 6.56. The summed E-state index contributed by atoms with van der Waals surface area (Å²) < 4.78 is 15.5. The number of aromatic nitrogens is 1. The lowest BCUT2D eigenvalue weighted by atomic mass is 10.2. The highest BCUT2D eigenvalue weighted by Gasteiger charge is 2.07. The quantitative estimate of drug-likeness (QED) is 0.882. The molecule has 1 aromatic carbocycles. The van der Waals surface area contributed by atoms with Gasteiger partial charge in [-0.1, -0.05) is 22.8 Å². The van der Waals surface area contributed by atoms with Crippen LogP contribution in [0.15, 0.2) is 28.8 Å². The summed E-state index contributed by atoms with van der Waals surface area (Å²) in [6.07, 6.45) is 0. The molecule has 5 nitrogen and oxygen atoms in total. The van der Waals surface area contributed by atoms with Crippen molar-refractivity contribution in [1.29, 1.82) is 0 Å². The Kier molecular flexibility index (Phi) is 4.79. The number of aliphatic hydroxyl groups is 1. The lowest BCUT2D eigenvalue weighted by Crippen LogP contribution is -1.96. The molecule has 0 aliphatic heterocycles. The highest BCUT2D eigenvalue weighted by molar-refractivity contribution is 6.32. The van der Waals surface area contributed by atoms with E-state index >= 15 is 0 Å². The first-order valence-corrected chi connectivity index (χ1v) is 6.06. The van der Waals surface area contributed by atoms with Gasteiger partial charge in [-0.25, -0.2) is 0 Å². The van der Waals surface area contributed by atoms with Crippen LogP contribution in [0.5, 0.6) is 5.75 Å².